The Hall–Kier alpha value is -3.39. The normalized spacial score (nSPS) is 18.4. The number of hydrogen-bond donors (Lipinski definition) is 3. The zero-order valence-corrected chi connectivity index (χ0v) is 17.6. The summed E-state index contributed by atoms with van der Waals surface area (Å²) in [7, 11) is 0. The molecule has 1 heterocycles. The van der Waals surface area contributed by atoms with Gasteiger partial charge in [-0.15, -0.1) is 0 Å². The lowest BCUT2D eigenvalue weighted by atomic mass is 9.98. The van der Waals surface area contributed by atoms with Gasteiger partial charge in [0.1, 0.15) is 12.6 Å². The van der Waals surface area contributed by atoms with Crippen LogP contribution in [-0.2, 0) is 14.3 Å². The number of amides is 2. The minimum Gasteiger partial charge on any atom is -0.481 e. The van der Waals surface area contributed by atoms with Crippen molar-refractivity contribution >= 4 is 18.0 Å². The second-order valence-electron chi connectivity index (χ2n) is 8.20. The number of fused-ring (bicyclic) bond motifs is 3. The fourth-order valence-electron chi connectivity index (χ4n) is 4.53. The third-order valence-corrected chi connectivity index (χ3v) is 6.02. The number of aliphatic hydroxyl groups is 1. The van der Waals surface area contributed by atoms with Crippen LogP contribution in [0, 0.1) is 0 Å². The molecule has 0 saturated carbocycles. The first-order valence-corrected chi connectivity index (χ1v) is 10.7. The molecule has 2 amide bonds. The van der Waals surface area contributed by atoms with Gasteiger partial charge in [0.25, 0.3) is 0 Å². The third-order valence-electron chi connectivity index (χ3n) is 6.02. The summed E-state index contributed by atoms with van der Waals surface area (Å²) >= 11 is 0. The highest BCUT2D eigenvalue weighted by molar-refractivity contribution is 5.89. The number of alkyl carbamates (subject to hydrolysis) is 1. The fraction of sp³-hybridized carbons (Fsp3) is 0.375. The maximum atomic E-state index is 12.8. The van der Waals surface area contributed by atoms with Crippen LogP contribution in [0.15, 0.2) is 48.5 Å². The highest BCUT2D eigenvalue weighted by Gasteiger charge is 2.33. The molecule has 0 bridgehead atoms. The van der Waals surface area contributed by atoms with Crippen molar-refractivity contribution in [3.05, 3.63) is 59.7 Å². The molecule has 1 saturated heterocycles. The van der Waals surface area contributed by atoms with Gasteiger partial charge in [-0.2, -0.15) is 0 Å². The van der Waals surface area contributed by atoms with E-state index in [0.717, 1.165) is 22.3 Å². The molecule has 1 unspecified atom stereocenters. The predicted octanol–water partition coefficient (Wildman–Crippen LogP) is 2.35. The lowest BCUT2D eigenvalue weighted by Gasteiger charge is -2.32. The van der Waals surface area contributed by atoms with Gasteiger partial charge < -0.3 is 25.2 Å². The third kappa shape index (κ3) is 4.60. The average molecular weight is 438 g/mol. The standard InChI is InChI=1S/C24H26N2O6/c27-15-6-5-11-26(13-15)23(30)21(12-22(28)29)25-24(31)32-14-20-18-9-3-1-7-16(18)17-8-2-4-10-19(17)20/h1-4,7-10,15,20-21,27H,5-6,11-14H2,(H,25,31)(H,28,29)/t15-,21?/m0/s1. The SMILES string of the molecule is O=C(O)CC(NC(=O)OCC1c2ccccc2-c2ccccc21)C(=O)N1CCC[C@H](O)C1. The summed E-state index contributed by atoms with van der Waals surface area (Å²) in [5.41, 5.74) is 4.31. The zero-order chi connectivity index (χ0) is 22.7. The Balaban J connectivity index is 1.43. The van der Waals surface area contributed by atoms with Crippen LogP contribution in [0.3, 0.4) is 0 Å². The number of likely N-dealkylation sites (tertiary alicyclic amines) is 1. The van der Waals surface area contributed by atoms with Gasteiger partial charge in [-0.1, -0.05) is 48.5 Å². The molecule has 1 fully saturated rings. The predicted molar refractivity (Wildman–Crippen MR) is 116 cm³/mol. The Morgan fingerprint density at radius 3 is 2.28 bits per heavy atom. The highest BCUT2D eigenvalue weighted by atomic mass is 16.5. The van der Waals surface area contributed by atoms with Crippen LogP contribution < -0.4 is 5.32 Å². The number of carbonyl (C=O) groups is 3. The second kappa shape index (κ2) is 9.40. The minimum atomic E-state index is -1.26. The lowest BCUT2D eigenvalue weighted by Crippen LogP contribution is -2.53. The topological polar surface area (TPSA) is 116 Å². The molecule has 0 radical (unpaired) electrons. The number of hydrogen-bond acceptors (Lipinski definition) is 5. The number of β-amino-alcohol motifs (C(OH)–C–C–N with tert-alkyl or cyclic N) is 1. The molecule has 4 rings (SSSR count). The monoisotopic (exact) mass is 438 g/mol. The Labute approximate surface area is 185 Å². The van der Waals surface area contributed by atoms with Crippen molar-refractivity contribution in [3.63, 3.8) is 0 Å². The number of nitrogens with one attached hydrogen (secondary N) is 1. The quantitative estimate of drug-likeness (QED) is 0.638. The van der Waals surface area contributed by atoms with Crippen molar-refractivity contribution < 1.29 is 29.3 Å². The highest BCUT2D eigenvalue weighted by Crippen LogP contribution is 2.44. The molecule has 8 nitrogen and oxygen atoms in total. The first-order valence-electron chi connectivity index (χ1n) is 10.7. The first kappa shape index (κ1) is 21.8. The molecule has 2 aromatic rings. The van der Waals surface area contributed by atoms with Gasteiger partial charge in [0, 0.05) is 19.0 Å². The number of aliphatic carboxylic acids is 1. The summed E-state index contributed by atoms with van der Waals surface area (Å²) in [5.74, 6) is -1.88. The number of nitrogens with zero attached hydrogens (tertiary/aromatic N) is 1. The van der Waals surface area contributed by atoms with Crippen molar-refractivity contribution in [2.45, 2.75) is 37.3 Å². The summed E-state index contributed by atoms with van der Waals surface area (Å²) in [4.78, 5) is 38.0. The van der Waals surface area contributed by atoms with Crippen molar-refractivity contribution in [2.75, 3.05) is 19.7 Å². The summed E-state index contributed by atoms with van der Waals surface area (Å²) in [6, 6.07) is 14.6. The Bertz CT molecular complexity index is 978. The minimum absolute atomic E-state index is 0.0657. The van der Waals surface area contributed by atoms with E-state index in [2.05, 4.69) is 5.32 Å². The number of carbonyl (C=O) groups excluding carboxylic acids is 2. The maximum absolute atomic E-state index is 12.8. The number of rotatable bonds is 6. The lowest BCUT2D eigenvalue weighted by molar-refractivity contribution is -0.143. The number of benzene rings is 2. The molecule has 168 valence electrons. The second-order valence-corrected chi connectivity index (χ2v) is 8.20. The fourth-order valence-corrected chi connectivity index (χ4v) is 4.53. The molecule has 3 N–H and O–H groups in total. The molecule has 1 aliphatic heterocycles. The van der Waals surface area contributed by atoms with E-state index in [9.17, 15) is 24.6 Å². The molecule has 32 heavy (non-hydrogen) atoms. The van der Waals surface area contributed by atoms with Crippen molar-refractivity contribution in [1.82, 2.24) is 10.2 Å². The summed E-state index contributed by atoms with van der Waals surface area (Å²) in [5, 5.41) is 21.4. The van der Waals surface area contributed by atoms with E-state index in [1.165, 1.54) is 4.90 Å². The van der Waals surface area contributed by atoms with Crippen LogP contribution in [0.5, 0.6) is 0 Å². The molecule has 0 aromatic heterocycles. The van der Waals surface area contributed by atoms with Gasteiger partial charge in [-0.3, -0.25) is 9.59 Å². The van der Waals surface area contributed by atoms with E-state index in [1.807, 2.05) is 48.5 Å². The van der Waals surface area contributed by atoms with E-state index >= 15 is 0 Å². The van der Waals surface area contributed by atoms with Crippen LogP contribution in [0.25, 0.3) is 11.1 Å². The molecular formula is C24H26N2O6. The van der Waals surface area contributed by atoms with E-state index in [1.54, 1.807) is 0 Å². The van der Waals surface area contributed by atoms with Crippen LogP contribution in [0.4, 0.5) is 4.79 Å². The molecule has 0 spiro atoms. The molecular weight excluding hydrogens is 412 g/mol. The number of ether oxygens (including phenoxy) is 1. The van der Waals surface area contributed by atoms with Gasteiger partial charge in [-0.25, -0.2) is 4.79 Å². The Morgan fingerprint density at radius 1 is 1.06 bits per heavy atom. The van der Waals surface area contributed by atoms with Crippen LogP contribution in [0.2, 0.25) is 0 Å². The summed E-state index contributed by atoms with van der Waals surface area (Å²) in [6.45, 7) is 0.607. The van der Waals surface area contributed by atoms with Gasteiger partial charge in [0.2, 0.25) is 5.91 Å². The van der Waals surface area contributed by atoms with Crippen molar-refractivity contribution in [2.24, 2.45) is 0 Å². The van der Waals surface area contributed by atoms with Gasteiger partial charge >= 0.3 is 12.1 Å². The molecule has 8 heteroatoms. The van der Waals surface area contributed by atoms with Crippen molar-refractivity contribution in [3.8, 4) is 11.1 Å². The molecule has 1 aliphatic carbocycles. The largest absolute Gasteiger partial charge is 0.481 e. The summed E-state index contributed by atoms with van der Waals surface area (Å²) in [6.07, 6.45) is -0.836. The van der Waals surface area contributed by atoms with Crippen LogP contribution in [0.1, 0.15) is 36.3 Å². The van der Waals surface area contributed by atoms with E-state index in [0.29, 0.717) is 19.4 Å². The Morgan fingerprint density at radius 2 is 1.69 bits per heavy atom. The zero-order valence-electron chi connectivity index (χ0n) is 17.6. The van der Waals surface area contributed by atoms with E-state index < -0.39 is 36.5 Å². The van der Waals surface area contributed by atoms with Crippen molar-refractivity contribution in [1.29, 1.82) is 0 Å². The van der Waals surface area contributed by atoms with E-state index in [4.69, 9.17) is 4.74 Å². The van der Waals surface area contributed by atoms with Crippen LogP contribution in [-0.4, -0.2) is 64.9 Å². The smallest absolute Gasteiger partial charge is 0.407 e. The maximum Gasteiger partial charge on any atom is 0.407 e. The molecule has 2 atom stereocenters. The van der Waals surface area contributed by atoms with Crippen LogP contribution >= 0.6 is 0 Å². The summed E-state index contributed by atoms with van der Waals surface area (Å²) < 4.78 is 5.45. The molecule has 2 aliphatic rings. The average Bonchev–Trinajstić information content (AvgIpc) is 3.10. The number of carboxylic acid groups (broad SMARTS) is 1. The van der Waals surface area contributed by atoms with E-state index in [-0.39, 0.29) is 19.1 Å². The van der Waals surface area contributed by atoms with Gasteiger partial charge in [0.15, 0.2) is 0 Å². The van der Waals surface area contributed by atoms with Gasteiger partial charge in [0.05, 0.1) is 12.5 Å². The number of aliphatic hydroxyl groups excluding tert-OH is 1. The van der Waals surface area contributed by atoms with Gasteiger partial charge in [-0.05, 0) is 35.1 Å². The number of piperidine rings is 1. The molecule has 2 aromatic carbocycles. The first-order chi connectivity index (χ1) is 15.4. The Kier molecular flexibility index (Phi) is 6.41. The number of carboxylic acids is 1.